The van der Waals surface area contributed by atoms with Crippen LogP contribution in [-0.4, -0.2) is 0 Å². The lowest BCUT2D eigenvalue weighted by molar-refractivity contribution is 0.466. The molecule has 0 fully saturated rings. The summed E-state index contributed by atoms with van der Waals surface area (Å²) in [7, 11) is 0. The lowest BCUT2D eigenvalue weighted by Gasteiger charge is -2.02. The van der Waals surface area contributed by atoms with Crippen LogP contribution in [0.2, 0.25) is 5.02 Å². The maximum absolute atomic E-state index is 9.60. The average molecular weight is 388 g/mol. The summed E-state index contributed by atoms with van der Waals surface area (Å²) < 4.78 is 5.86. The van der Waals surface area contributed by atoms with Crippen LogP contribution >= 0.6 is 23.4 Å². The predicted octanol–water partition coefficient (Wildman–Crippen LogP) is 7.30. The van der Waals surface area contributed by atoms with E-state index in [0.29, 0.717) is 16.4 Å². The van der Waals surface area contributed by atoms with Gasteiger partial charge in [-0.2, -0.15) is 5.26 Å². The minimum absolute atomic E-state index is 0.568. The number of fused-ring (bicyclic) bond motifs is 1. The largest absolute Gasteiger partial charge is 0.450 e. The lowest BCUT2D eigenvalue weighted by Crippen LogP contribution is -1.82. The summed E-state index contributed by atoms with van der Waals surface area (Å²) in [5, 5.41) is 13.3. The fourth-order valence-corrected chi connectivity index (χ4v) is 3.67. The Labute approximate surface area is 166 Å². The van der Waals surface area contributed by atoms with Gasteiger partial charge in [-0.1, -0.05) is 59.8 Å². The van der Waals surface area contributed by atoms with Gasteiger partial charge in [0.2, 0.25) is 0 Å². The smallest absolute Gasteiger partial charge is 0.165 e. The molecular formula is C23H14ClNOS. The van der Waals surface area contributed by atoms with E-state index in [4.69, 9.17) is 16.0 Å². The molecule has 0 atom stereocenters. The van der Waals surface area contributed by atoms with Crippen LogP contribution in [0.4, 0.5) is 0 Å². The fraction of sp³-hybridized carbons (Fsp3) is 0. The minimum atomic E-state index is 0.568. The standard InChI is InChI=1S/C23H14ClNOS/c24-20-7-10-22(11-8-20)27-23-12-9-21(26-23)14-19(15-25)18-6-5-16-3-1-2-4-17(16)13-18/h1-14H. The molecule has 130 valence electrons. The molecule has 3 aromatic carbocycles. The molecule has 4 heteroatoms. The van der Waals surface area contributed by atoms with Gasteiger partial charge in [-0.05, 0) is 64.9 Å². The van der Waals surface area contributed by atoms with E-state index in [2.05, 4.69) is 12.1 Å². The molecule has 0 bridgehead atoms. The molecule has 0 aliphatic carbocycles. The van der Waals surface area contributed by atoms with E-state index in [9.17, 15) is 5.26 Å². The van der Waals surface area contributed by atoms with E-state index in [-0.39, 0.29) is 0 Å². The first kappa shape index (κ1) is 17.5. The Morgan fingerprint density at radius 2 is 1.70 bits per heavy atom. The molecule has 4 aromatic rings. The topological polar surface area (TPSA) is 36.9 Å². The number of nitriles is 1. The second-order valence-electron chi connectivity index (χ2n) is 5.94. The van der Waals surface area contributed by atoms with Crippen molar-refractivity contribution >= 4 is 45.8 Å². The van der Waals surface area contributed by atoms with Gasteiger partial charge in [0.25, 0.3) is 0 Å². The predicted molar refractivity (Wildman–Crippen MR) is 112 cm³/mol. The van der Waals surface area contributed by atoms with Crippen molar-refractivity contribution in [2.75, 3.05) is 0 Å². The fourth-order valence-electron chi connectivity index (χ4n) is 2.76. The highest BCUT2D eigenvalue weighted by molar-refractivity contribution is 7.99. The molecule has 1 heterocycles. The number of halogens is 1. The Hall–Kier alpha value is -2.93. The molecule has 1 aromatic heterocycles. The van der Waals surface area contributed by atoms with E-state index in [1.54, 1.807) is 6.08 Å². The zero-order valence-electron chi connectivity index (χ0n) is 14.2. The van der Waals surface area contributed by atoms with Crippen molar-refractivity contribution in [1.82, 2.24) is 0 Å². The zero-order chi connectivity index (χ0) is 18.6. The molecule has 0 spiro atoms. The summed E-state index contributed by atoms with van der Waals surface area (Å²) in [6.07, 6.45) is 1.77. The quantitative estimate of drug-likeness (QED) is 0.344. The first-order valence-corrected chi connectivity index (χ1v) is 9.55. The van der Waals surface area contributed by atoms with Gasteiger partial charge in [0, 0.05) is 9.92 Å². The van der Waals surface area contributed by atoms with Crippen molar-refractivity contribution in [2.45, 2.75) is 9.99 Å². The number of rotatable bonds is 4. The number of furan rings is 1. The van der Waals surface area contributed by atoms with Crippen molar-refractivity contribution in [2.24, 2.45) is 0 Å². The van der Waals surface area contributed by atoms with Crippen LogP contribution in [0.3, 0.4) is 0 Å². The molecule has 0 aliphatic heterocycles. The van der Waals surface area contributed by atoms with Crippen LogP contribution in [0, 0.1) is 11.3 Å². The molecule has 0 N–H and O–H groups in total. The summed E-state index contributed by atoms with van der Waals surface area (Å²) >= 11 is 7.43. The van der Waals surface area contributed by atoms with Crippen LogP contribution in [0.5, 0.6) is 0 Å². The van der Waals surface area contributed by atoms with E-state index in [0.717, 1.165) is 26.3 Å². The number of allylic oxidation sites excluding steroid dienone is 1. The number of benzene rings is 3. The molecule has 27 heavy (non-hydrogen) atoms. The Kier molecular flexibility index (Phi) is 5.02. The Morgan fingerprint density at radius 3 is 2.48 bits per heavy atom. The van der Waals surface area contributed by atoms with Crippen LogP contribution in [-0.2, 0) is 0 Å². The van der Waals surface area contributed by atoms with Crippen molar-refractivity contribution in [3.8, 4) is 6.07 Å². The highest BCUT2D eigenvalue weighted by atomic mass is 35.5. The number of hydrogen-bond acceptors (Lipinski definition) is 3. The summed E-state index contributed by atoms with van der Waals surface area (Å²) in [5.41, 5.74) is 1.44. The highest BCUT2D eigenvalue weighted by Crippen LogP contribution is 2.31. The van der Waals surface area contributed by atoms with E-state index in [1.165, 1.54) is 11.8 Å². The summed E-state index contributed by atoms with van der Waals surface area (Å²) in [4.78, 5) is 1.04. The molecule has 0 radical (unpaired) electrons. The van der Waals surface area contributed by atoms with Crippen molar-refractivity contribution < 1.29 is 4.42 Å². The minimum Gasteiger partial charge on any atom is -0.450 e. The van der Waals surface area contributed by atoms with Gasteiger partial charge in [0.15, 0.2) is 5.09 Å². The SMILES string of the molecule is N#CC(=Cc1ccc(Sc2ccc(Cl)cc2)o1)c1ccc2ccccc2c1. The lowest BCUT2D eigenvalue weighted by atomic mass is 10.0. The second-order valence-corrected chi connectivity index (χ2v) is 7.46. The molecule has 0 amide bonds. The molecule has 4 rings (SSSR count). The molecule has 0 saturated heterocycles. The van der Waals surface area contributed by atoms with Crippen molar-refractivity contribution in [3.05, 3.63) is 95.2 Å². The Morgan fingerprint density at radius 1 is 0.926 bits per heavy atom. The van der Waals surface area contributed by atoms with Gasteiger partial charge in [0.05, 0.1) is 11.6 Å². The number of nitrogens with zero attached hydrogens (tertiary/aromatic N) is 1. The van der Waals surface area contributed by atoms with Gasteiger partial charge in [-0.3, -0.25) is 0 Å². The third-order valence-corrected chi connectivity index (χ3v) is 5.28. The first-order chi connectivity index (χ1) is 13.2. The van der Waals surface area contributed by atoms with Crippen molar-refractivity contribution in [3.63, 3.8) is 0 Å². The maximum atomic E-state index is 9.60. The monoisotopic (exact) mass is 387 g/mol. The van der Waals surface area contributed by atoms with Crippen LogP contribution in [0.1, 0.15) is 11.3 Å². The second kappa shape index (κ2) is 7.75. The molecule has 0 unspecified atom stereocenters. The summed E-state index contributed by atoms with van der Waals surface area (Å²) in [5.74, 6) is 0.649. The summed E-state index contributed by atoms with van der Waals surface area (Å²) in [6.45, 7) is 0. The number of hydrogen-bond donors (Lipinski definition) is 0. The van der Waals surface area contributed by atoms with E-state index >= 15 is 0 Å². The zero-order valence-corrected chi connectivity index (χ0v) is 15.8. The van der Waals surface area contributed by atoms with Gasteiger partial charge < -0.3 is 4.42 Å². The van der Waals surface area contributed by atoms with Crippen molar-refractivity contribution in [1.29, 1.82) is 5.26 Å². The normalized spacial score (nSPS) is 11.5. The highest BCUT2D eigenvalue weighted by Gasteiger charge is 2.07. The van der Waals surface area contributed by atoms with E-state index < -0.39 is 0 Å². The average Bonchev–Trinajstić information content (AvgIpc) is 3.14. The third-order valence-electron chi connectivity index (χ3n) is 4.10. The Balaban J connectivity index is 1.60. The van der Waals surface area contributed by atoms with Crippen LogP contribution in [0.25, 0.3) is 22.4 Å². The Bertz CT molecular complexity index is 1170. The molecule has 2 nitrogen and oxygen atoms in total. The molecular weight excluding hydrogens is 374 g/mol. The van der Waals surface area contributed by atoms with Gasteiger partial charge in [-0.25, -0.2) is 0 Å². The molecule has 0 saturated carbocycles. The molecule has 0 aliphatic rings. The van der Waals surface area contributed by atoms with E-state index in [1.807, 2.05) is 72.8 Å². The first-order valence-electron chi connectivity index (χ1n) is 8.35. The maximum Gasteiger partial charge on any atom is 0.165 e. The van der Waals surface area contributed by atoms with Gasteiger partial charge >= 0.3 is 0 Å². The van der Waals surface area contributed by atoms with Gasteiger partial charge in [-0.15, -0.1) is 0 Å². The van der Waals surface area contributed by atoms with Gasteiger partial charge in [0.1, 0.15) is 5.76 Å². The third kappa shape index (κ3) is 4.09. The van der Waals surface area contributed by atoms with Crippen LogP contribution < -0.4 is 0 Å². The summed E-state index contributed by atoms with van der Waals surface area (Å²) in [6, 6.07) is 27.8. The van der Waals surface area contributed by atoms with Crippen LogP contribution in [0.15, 0.2) is 93.3 Å².